The highest BCUT2D eigenvalue weighted by Crippen LogP contribution is 2.14. The predicted molar refractivity (Wildman–Crippen MR) is 72.0 cm³/mol. The van der Waals surface area contributed by atoms with Crippen LogP contribution in [0.25, 0.3) is 0 Å². The maximum absolute atomic E-state index is 5.47. The molecule has 2 nitrogen and oxygen atoms in total. The Balaban J connectivity index is 2.27. The van der Waals surface area contributed by atoms with Crippen molar-refractivity contribution < 1.29 is 0 Å². The third-order valence-electron chi connectivity index (χ3n) is 2.89. The highest BCUT2D eigenvalue weighted by molar-refractivity contribution is 5.47. The standard InChI is InChI=1S/C14H24N2/c1-13-8-7-9-14(12-13)16(2)11-6-4-3-5-10-15/h7-9,12H,3-6,10-11,15H2,1-2H3. The summed E-state index contributed by atoms with van der Waals surface area (Å²) in [6.45, 7) is 4.10. The van der Waals surface area contributed by atoms with Gasteiger partial charge < -0.3 is 10.6 Å². The van der Waals surface area contributed by atoms with E-state index in [1.807, 2.05) is 0 Å². The Kier molecular flexibility index (Phi) is 5.94. The molecule has 0 saturated heterocycles. The molecule has 0 aliphatic heterocycles. The Morgan fingerprint density at radius 3 is 2.56 bits per heavy atom. The highest BCUT2D eigenvalue weighted by Gasteiger charge is 2.00. The predicted octanol–water partition coefficient (Wildman–Crippen LogP) is 2.95. The maximum atomic E-state index is 5.47. The van der Waals surface area contributed by atoms with Gasteiger partial charge in [0.1, 0.15) is 0 Å². The summed E-state index contributed by atoms with van der Waals surface area (Å²) in [4.78, 5) is 2.33. The highest BCUT2D eigenvalue weighted by atomic mass is 15.1. The van der Waals surface area contributed by atoms with Crippen molar-refractivity contribution in [3.05, 3.63) is 29.8 Å². The molecule has 0 aliphatic rings. The van der Waals surface area contributed by atoms with Crippen LogP contribution in [0.15, 0.2) is 24.3 Å². The van der Waals surface area contributed by atoms with E-state index >= 15 is 0 Å². The molecule has 1 aromatic carbocycles. The van der Waals surface area contributed by atoms with Gasteiger partial charge >= 0.3 is 0 Å². The van der Waals surface area contributed by atoms with E-state index in [1.54, 1.807) is 0 Å². The first kappa shape index (κ1) is 13.0. The number of unbranched alkanes of at least 4 members (excludes halogenated alkanes) is 3. The van der Waals surface area contributed by atoms with E-state index in [0.29, 0.717) is 0 Å². The normalized spacial score (nSPS) is 10.4. The monoisotopic (exact) mass is 220 g/mol. The average molecular weight is 220 g/mol. The molecule has 0 unspecified atom stereocenters. The third kappa shape index (κ3) is 4.67. The topological polar surface area (TPSA) is 29.3 Å². The molecular formula is C14H24N2. The molecule has 0 saturated carbocycles. The molecular weight excluding hydrogens is 196 g/mol. The third-order valence-corrected chi connectivity index (χ3v) is 2.89. The number of benzene rings is 1. The van der Waals surface area contributed by atoms with Crippen LogP contribution in [0.5, 0.6) is 0 Å². The van der Waals surface area contributed by atoms with Gasteiger partial charge in [-0.15, -0.1) is 0 Å². The average Bonchev–Trinajstić information content (AvgIpc) is 2.28. The van der Waals surface area contributed by atoms with Crippen LogP contribution in [0.1, 0.15) is 31.2 Å². The largest absolute Gasteiger partial charge is 0.375 e. The number of hydrogen-bond acceptors (Lipinski definition) is 2. The van der Waals surface area contributed by atoms with E-state index in [2.05, 4.69) is 43.1 Å². The van der Waals surface area contributed by atoms with Crippen LogP contribution in [-0.4, -0.2) is 20.1 Å². The molecule has 0 aliphatic carbocycles. The molecule has 1 rings (SSSR count). The van der Waals surface area contributed by atoms with Crippen molar-refractivity contribution >= 4 is 5.69 Å². The molecule has 0 atom stereocenters. The molecule has 2 N–H and O–H groups in total. The van der Waals surface area contributed by atoms with Gasteiger partial charge in [-0.25, -0.2) is 0 Å². The molecule has 0 fully saturated rings. The zero-order valence-electron chi connectivity index (χ0n) is 10.6. The van der Waals surface area contributed by atoms with Crippen LogP contribution in [-0.2, 0) is 0 Å². The van der Waals surface area contributed by atoms with Gasteiger partial charge in [-0.2, -0.15) is 0 Å². The first-order valence-electron chi connectivity index (χ1n) is 6.22. The van der Waals surface area contributed by atoms with Crippen molar-refractivity contribution in [1.29, 1.82) is 0 Å². The molecule has 0 aromatic heterocycles. The summed E-state index contributed by atoms with van der Waals surface area (Å²) in [6, 6.07) is 8.67. The molecule has 0 spiro atoms. The number of nitrogens with two attached hydrogens (primary N) is 1. The second kappa shape index (κ2) is 7.29. The summed E-state index contributed by atoms with van der Waals surface area (Å²) >= 11 is 0. The van der Waals surface area contributed by atoms with E-state index in [1.165, 1.54) is 30.5 Å². The minimum Gasteiger partial charge on any atom is -0.375 e. The van der Waals surface area contributed by atoms with E-state index in [0.717, 1.165) is 19.5 Å². The van der Waals surface area contributed by atoms with Crippen LogP contribution in [0.2, 0.25) is 0 Å². The van der Waals surface area contributed by atoms with E-state index in [-0.39, 0.29) is 0 Å². The zero-order valence-corrected chi connectivity index (χ0v) is 10.6. The zero-order chi connectivity index (χ0) is 11.8. The van der Waals surface area contributed by atoms with Gasteiger partial charge in [0.25, 0.3) is 0 Å². The number of rotatable bonds is 7. The molecule has 2 heteroatoms. The van der Waals surface area contributed by atoms with Gasteiger partial charge in [0.15, 0.2) is 0 Å². The number of anilines is 1. The fourth-order valence-electron chi connectivity index (χ4n) is 1.84. The Labute approximate surface area is 99.5 Å². The summed E-state index contributed by atoms with van der Waals surface area (Å²) in [7, 11) is 2.16. The van der Waals surface area contributed by atoms with Crippen molar-refractivity contribution in [3.8, 4) is 0 Å². The number of nitrogens with zero attached hydrogens (tertiary/aromatic N) is 1. The Hall–Kier alpha value is -1.02. The van der Waals surface area contributed by atoms with E-state index in [4.69, 9.17) is 5.73 Å². The lowest BCUT2D eigenvalue weighted by atomic mass is 10.1. The Morgan fingerprint density at radius 2 is 1.88 bits per heavy atom. The molecule has 90 valence electrons. The molecule has 0 radical (unpaired) electrons. The van der Waals surface area contributed by atoms with Crippen LogP contribution in [0.3, 0.4) is 0 Å². The summed E-state index contributed by atoms with van der Waals surface area (Å²) in [5.41, 5.74) is 8.11. The molecule has 0 bridgehead atoms. The Bertz CT molecular complexity index is 297. The van der Waals surface area contributed by atoms with E-state index < -0.39 is 0 Å². The number of hydrogen-bond donors (Lipinski definition) is 1. The van der Waals surface area contributed by atoms with Gasteiger partial charge in [0.2, 0.25) is 0 Å². The van der Waals surface area contributed by atoms with Crippen LogP contribution in [0, 0.1) is 6.92 Å². The SMILES string of the molecule is Cc1cccc(N(C)CCCCCCN)c1. The van der Waals surface area contributed by atoms with Crippen molar-refractivity contribution in [2.24, 2.45) is 5.73 Å². The van der Waals surface area contributed by atoms with Gasteiger partial charge in [-0.3, -0.25) is 0 Å². The summed E-state index contributed by atoms with van der Waals surface area (Å²) < 4.78 is 0. The minimum absolute atomic E-state index is 0.827. The molecule has 1 aromatic rings. The quantitative estimate of drug-likeness (QED) is 0.716. The van der Waals surface area contributed by atoms with Crippen molar-refractivity contribution in [2.75, 3.05) is 25.0 Å². The van der Waals surface area contributed by atoms with Crippen LogP contribution < -0.4 is 10.6 Å². The van der Waals surface area contributed by atoms with Crippen molar-refractivity contribution in [3.63, 3.8) is 0 Å². The first-order valence-corrected chi connectivity index (χ1v) is 6.22. The van der Waals surface area contributed by atoms with Gasteiger partial charge in [0.05, 0.1) is 0 Å². The first-order chi connectivity index (χ1) is 7.74. The van der Waals surface area contributed by atoms with Crippen molar-refractivity contribution in [2.45, 2.75) is 32.6 Å². The lowest BCUT2D eigenvalue weighted by Gasteiger charge is -2.19. The fraction of sp³-hybridized carbons (Fsp3) is 0.571. The van der Waals surface area contributed by atoms with Crippen LogP contribution >= 0.6 is 0 Å². The van der Waals surface area contributed by atoms with Gasteiger partial charge in [-0.05, 0) is 44.0 Å². The molecule has 0 amide bonds. The maximum Gasteiger partial charge on any atom is 0.0366 e. The summed E-state index contributed by atoms with van der Waals surface area (Å²) in [5.74, 6) is 0. The van der Waals surface area contributed by atoms with Gasteiger partial charge in [-0.1, -0.05) is 25.0 Å². The van der Waals surface area contributed by atoms with Gasteiger partial charge in [0, 0.05) is 19.3 Å². The Morgan fingerprint density at radius 1 is 1.12 bits per heavy atom. The van der Waals surface area contributed by atoms with Crippen LogP contribution in [0.4, 0.5) is 5.69 Å². The van der Waals surface area contributed by atoms with Crippen molar-refractivity contribution in [1.82, 2.24) is 0 Å². The number of aryl methyl sites for hydroxylation is 1. The lowest BCUT2D eigenvalue weighted by molar-refractivity contribution is 0.643. The summed E-state index contributed by atoms with van der Waals surface area (Å²) in [5, 5.41) is 0. The molecule has 16 heavy (non-hydrogen) atoms. The fourth-order valence-corrected chi connectivity index (χ4v) is 1.84. The second-order valence-corrected chi connectivity index (χ2v) is 4.46. The lowest BCUT2D eigenvalue weighted by Crippen LogP contribution is -2.18. The summed E-state index contributed by atoms with van der Waals surface area (Å²) in [6.07, 6.45) is 4.96. The smallest absolute Gasteiger partial charge is 0.0366 e. The minimum atomic E-state index is 0.827. The second-order valence-electron chi connectivity index (χ2n) is 4.46. The van der Waals surface area contributed by atoms with E-state index in [9.17, 15) is 0 Å². The molecule has 0 heterocycles.